The molecule has 2 aromatic carbocycles. The molecule has 0 aliphatic carbocycles. The minimum absolute atomic E-state index is 0.271. The molecule has 0 aromatic heterocycles. The van der Waals surface area contributed by atoms with E-state index in [2.05, 4.69) is 10.6 Å². The summed E-state index contributed by atoms with van der Waals surface area (Å²) in [6.45, 7) is 5.83. The van der Waals surface area contributed by atoms with Crippen LogP contribution in [0.3, 0.4) is 0 Å². The number of benzene rings is 2. The Morgan fingerprint density at radius 1 is 0.962 bits per heavy atom. The molecule has 2 amide bonds. The summed E-state index contributed by atoms with van der Waals surface area (Å²) in [6, 6.07) is 14.1. The van der Waals surface area contributed by atoms with Crippen molar-refractivity contribution in [2.24, 2.45) is 0 Å². The van der Waals surface area contributed by atoms with Crippen LogP contribution in [0.25, 0.3) is 0 Å². The highest BCUT2D eigenvalue weighted by Gasteiger charge is 2.16. The molecular formula is C20H24N2O4. The Bertz CT molecular complexity index is 781. The van der Waals surface area contributed by atoms with Crippen LogP contribution in [0.1, 0.15) is 36.7 Å². The lowest BCUT2D eigenvalue weighted by Crippen LogP contribution is -2.27. The maximum Gasteiger partial charge on any atom is 0.412 e. The molecule has 26 heavy (non-hydrogen) atoms. The van der Waals surface area contributed by atoms with Crippen molar-refractivity contribution >= 4 is 23.4 Å². The third-order valence-corrected chi connectivity index (χ3v) is 3.27. The van der Waals surface area contributed by atoms with Gasteiger partial charge in [0, 0.05) is 24.0 Å². The Hall–Kier alpha value is -2.86. The van der Waals surface area contributed by atoms with Crippen LogP contribution < -0.4 is 10.6 Å². The third kappa shape index (κ3) is 6.22. The molecule has 0 heterocycles. The van der Waals surface area contributed by atoms with Crippen LogP contribution in [0.2, 0.25) is 0 Å². The Kier molecular flexibility index (Phi) is 6.36. The van der Waals surface area contributed by atoms with Crippen molar-refractivity contribution in [1.29, 1.82) is 0 Å². The molecule has 2 aromatic rings. The van der Waals surface area contributed by atoms with E-state index in [-0.39, 0.29) is 5.91 Å². The van der Waals surface area contributed by atoms with Crippen LogP contribution in [0, 0.1) is 0 Å². The Labute approximate surface area is 153 Å². The van der Waals surface area contributed by atoms with Gasteiger partial charge in [-0.1, -0.05) is 18.2 Å². The van der Waals surface area contributed by atoms with E-state index in [1.54, 1.807) is 58.2 Å². The topological polar surface area (TPSA) is 76.7 Å². The highest BCUT2D eigenvalue weighted by molar-refractivity contribution is 6.05. The fourth-order valence-corrected chi connectivity index (χ4v) is 2.27. The number of nitrogens with one attached hydrogen (secondary N) is 2. The van der Waals surface area contributed by atoms with Gasteiger partial charge in [-0.25, -0.2) is 4.79 Å². The van der Waals surface area contributed by atoms with Crippen LogP contribution in [-0.2, 0) is 16.1 Å². The molecule has 0 atom stereocenters. The van der Waals surface area contributed by atoms with Gasteiger partial charge in [0.2, 0.25) is 0 Å². The first-order valence-corrected chi connectivity index (χ1v) is 8.26. The number of carbonyl (C=O) groups is 2. The molecule has 0 bridgehead atoms. The largest absolute Gasteiger partial charge is 0.444 e. The smallest absolute Gasteiger partial charge is 0.412 e. The summed E-state index contributed by atoms with van der Waals surface area (Å²) in [5.41, 5.74) is 1.96. The average Bonchev–Trinajstić information content (AvgIpc) is 2.54. The van der Waals surface area contributed by atoms with E-state index in [1.807, 2.05) is 18.2 Å². The summed E-state index contributed by atoms with van der Waals surface area (Å²) in [4.78, 5) is 24.3. The molecule has 0 radical (unpaired) electrons. The minimum atomic E-state index is -0.591. The molecule has 0 spiro atoms. The normalized spacial score (nSPS) is 10.9. The third-order valence-electron chi connectivity index (χ3n) is 3.27. The molecular weight excluding hydrogens is 332 g/mol. The Morgan fingerprint density at radius 2 is 1.62 bits per heavy atom. The quantitative estimate of drug-likeness (QED) is 0.831. The second-order valence-corrected chi connectivity index (χ2v) is 6.80. The van der Waals surface area contributed by atoms with Gasteiger partial charge in [0.25, 0.3) is 5.91 Å². The zero-order valence-electron chi connectivity index (χ0n) is 15.5. The van der Waals surface area contributed by atoms with Crippen LogP contribution >= 0.6 is 0 Å². The monoisotopic (exact) mass is 356 g/mol. The summed E-state index contributed by atoms with van der Waals surface area (Å²) in [6.07, 6.45) is -0.567. The number of carbonyl (C=O) groups excluding carboxylic acids is 2. The number of hydrogen-bond acceptors (Lipinski definition) is 4. The standard InChI is InChI=1S/C20H24N2O4/c1-20(2,3)26-19(24)22-17-10-6-8-15(12-17)18(23)21-16-9-5-7-14(11-16)13-25-4/h5-12H,13H2,1-4H3,(H,21,23)(H,22,24). The lowest BCUT2D eigenvalue weighted by Gasteiger charge is -2.19. The van der Waals surface area contributed by atoms with Gasteiger partial charge in [0.1, 0.15) is 5.60 Å². The summed E-state index contributed by atoms with van der Waals surface area (Å²) >= 11 is 0. The first-order valence-electron chi connectivity index (χ1n) is 8.26. The molecule has 0 saturated carbocycles. The summed E-state index contributed by atoms with van der Waals surface area (Å²) < 4.78 is 10.3. The first kappa shape index (κ1) is 19.5. The number of rotatable bonds is 5. The van der Waals surface area contributed by atoms with Gasteiger partial charge in [0.05, 0.1) is 6.61 Å². The molecule has 0 aliphatic heterocycles. The van der Waals surface area contributed by atoms with Crippen LogP contribution in [0.15, 0.2) is 48.5 Å². The van der Waals surface area contributed by atoms with Gasteiger partial charge in [-0.15, -0.1) is 0 Å². The van der Waals surface area contributed by atoms with Gasteiger partial charge in [0.15, 0.2) is 0 Å². The van der Waals surface area contributed by atoms with E-state index in [0.717, 1.165) is 5.56 Å². The lowest BCUT2D eigenvalue weighted by molar-refractivity contribution is 0.0635. The summed E-state index contributed by atoms with van der Waals surface area (Å²) in [5, 5.41) is 5.46. The molecule has 138 valence electrons. The molecule has 0 saturated heterocycles. The highest BCUT2D eigenvalue weighted by atomic mass is 16.6. The van der Waals surface area contributed by atoms with Gasteiger partial charge in [-0.2, -0.15) is 0 Å². The number of ether oxygens (including phenoxy) is 2. The predicted molar refractivity (Wildman–Crippen MR) is 101 cm³/mol. The summed E-state index contributed by atoms with van der Waals surface area (Å²) in [7, 11) is 1.62. The molecule has 2 rings (SSSR count). The van der Waals surface area contributed by atoms with Crippen LogP contribution in [-0.4, -0.2) is 24.7 Å². The number of methoxy groups -OCH3 is 1. The average molecular weight is 356 g/mol. The van der Waals surface area contributed by atoms with Gasteiger partial charge in [-0.3, -0.25) is 10.1 Å². The lowest BCUT2D eigenvalue weighted by atomic mass is 10.1. The molecule has 0 fully saturated rings. The maximum atomic E-state index is 12.5. The molecule has 2 N–H and O–H groups in total. The Balaban J connectivity index is 2.06. The zero-order chi connectivity index (χ0) is 19.2. The fraction of sp³-hybridized carbons (Fsp3) is 0.300. The first-order chi connectivity index (χ1) is 12.3. The minimum Gasteiger partial charge on any atom is -0.444 e. The zero-order valence-corrected chi connectivity index (χ0v) is 15.5. The number of anilines is 2. The van der Waals surface area contributed by atoms with Gasteiger partial charge >= 0.3 is 6.09 Å². The fourth-order valence-electron chi connectivity index (χ4n) is 2.27. The van der Waals surface area contributed by atoms with Crippen molar-refractivity contribution in [3.63, 3.8) is 0 Å². The van der Waals surface area contributed by atoms with Gasteiger partial charge in [-0.05, 0) is 56.7 Å². The second kappa shape index (κ2) is 8.49. The second-order valence-electron chi connectivity index (χ2n) is 6.80. The van der Waals surface area contributed by atoms with Crippen LogP contribution in [0.4, 0.5) is 16.2 Å². The Morgan fingerprint density at radius 3 is 2.27 bits per heavy atom. The molecule has 0 aliphatic rings. The van der Waals surface area contributed by atoms with Crippen molar-refractivity contribution in [2.75, 3.05) is 17.7 Å². The molecule has 6 nitrogen and oxygen atoms in total. The highest BCUT2D eigenvalue weighted by Crippen LogP contribution is 2.16. The molecule has 0 unspecified atom stereocenters. The van der Waals surface area contributed by atoms with E-state index in [9.17, 15) is 9.59 Å². The van der Waals surface area contributed by atoms with Crippen molar-refractivity contribution in [3.05, 3.63) is 59.7 Å². The van der Waals surface area contributed by atoms with Crippen molar-refractivity contribution < 1.29 is 19.1 Å². The SMILES string of the molecule is COCc1cccc(NC(=O)c2cccc(NC(=O)OC(C)(C)C)c2)c1. The van der Waals surface area contributed by atoms with Crippen LogP contribution in [0.5, 0.6) is 0 Å². The van der Waals surface area contributed by atoms with Crippen molar-refractivity contribution in [3.8, 4) is 0 Å². The van der Waals surface area contributed by atoms with E-state index in [0.29, 0.717) is 23.5 Å². The summed E-state index contributed by atoms with van der Waals surface area (Å²) in [5.74, 6) is -0.271. The van der Waals surface area contributed by atoms with E-state index in [4.69, 9.17) is 9.47 Å². The number of hydrogen-bond donors (Lipinski definition) is 2. The van der Waals surface area contributed by atoms with Gasteiger partial charge < -0.3 is 14.8 Å². The number of amides is 2. The van der Waals surface area contributed by atoms with E-state index >= 15 is 0 Å². The molecule has 6 heteroatoms. The van der Waals surface area contributed by atoms with E-state index < -0.39 is 11.7 Å². The van der Waals surface area contributed by atoms with Crippen molar-refractivity contribution in [2.45, 2.75) is 33.0 Å². The van der Waals surface area contributed by atoms with E-state index in [1.165, 1.54) is 0 Å². The predicted octanol–water partition coefficient (Wildman–Crippen LogP) is 4.43. The van der Waals surface area contributed by atoms with Crippen molar-refractivity contribution in [1.82, 2.24) is 0 Å². The maximum absolute atomic E-state index is 12.5.